The Labute approximate surface area is 187 Å². The van der Waals surface area contributed by atoms with Gasteiger partial charge in [-0.05, 0) is 19.4 Å². The number of carbonyl (C=O) groups is 2. The fourth-order valence-corrected chi connectivity index (χ4v) is 3.88. The normalized spacial score (nSPS) is 17.1. The SMILES string of the molecule is CCN1C(=O)c2c(O)c(=O)c(C(=O)NCc3nccc(Cl)c3F)cn2N2CCCC#C[C@@H]12. The zero-order chi connectivity index (χ0) is 23.0. The van der Waals surface area contributed by atoms with Crippen LogP contribution in [-0.2, 0) is 6.54 Å². The molecule has 0 unspecified atom stereocenters. The highest BCUT2D eigenvalue weighted by atomic mass is 35.5. The summed E-state index contributed by atoms with van der Waals surface area (Å²) in [5.74, 6) is 3.03. The molecule has 4 rings (SSSR count). The maximum absolute atomic E-state index is 14.0. The first kappa shape index (κ1) is 21.6. The van der Waals surface area contributed by atoms with E-state index in [1.54, 1.807) is 11.9 Å². The number of fused-ring (bicyclic) bond motifs is 3. The maximum Gasteiger partial charge on any atom is 0.278 e. The average Bonchev–Trinajstić information content (AvgIpc) is 3.03. The number of carbonyl (C=O) groups excluding carboxylic acids is 2. The van der Waals surface area contributed by atoms with Gasteiger partial charge in [-0.3, -0.25) is 29.1 Å². The lowest BCUT2D eigenvalue weighted by Gasteiger charge is -2.43. The second kappa shape index (κ2) is 8.51. The Morgan fingerprint density at radius 3 is 2.97 bits per heavy atom. The van der Waals surface area contributed by atoms with Crippen molar-refractivity contribution in [2.24, 2.45) is 0 Å². The molecule has 2 N–H and O–H groups in total. The Kier molecular flexibility index (Phi) is 5.76. The highest BCUT2D eigenvalue weighted by molar-refractivity contribution is 6.30. The van der Waals surface area contributed by atoms with Crippen molar-refractivity contribution in [3.05, 3.63) is 56.5 Å². The van der Waals surface area contributed by atoms with Gasteiger partial charge in [0, 0.05) is 31.9 Å². The molecule has 2 aromatic heterocycles. The minimum atomic E-state index is -1.00. The molecule has 9 nitrogen and oxygen atoms in total. The zero-order valence-electron chi connectivity index (χ0n) is 17.1. The van der Waals surface area contributed by atoms with Crippen LogP contribution >= 0.6 is 11.6 Å². The van der Waals surface area contributed by atoms with Gasteiger partial charge < -0.3 is 15.3 Å². The van der Waals surface area contributed by atoms with Gasteiger partial charge in [0.2, 0.25) is 5.43 Å². The molecule has 0 radical (unpaired) electrons. The van der Waals surface area contributed by atoms with Crippen LogP contribution in [-0.4, -0.2) is 50.7 Å². The topological polar surface area (TPSA) is 108 Å². The standard InChI is InChI=1S/C21H19ClFN5O4/c1-2-26-15-6-4-3-5-9-27(15)28-11-12(18(29)19(30)17(28)21(26)32)20(31)25-10-14-16(23)13(22)7-8-24-14/h7-8,11,15,30H,2-3,5,9-10H2,1H3,(H,25,31)/t15-/m0/s1. The van der Waals surface area contributed by atoms with E-state index < -0.39 is 40.5 Å². The molecule has 0 aliphatic carbocycles. The summed E-state index contributed by atoms with van der Waals surface area (Å²) < 4.78 is 15.4. The number of pyridine rings is 2. The molecule has 11 heteroatoms. The van der Waals surface area contributed by atoms with Crippen LogP contribution in [0.4, 0.5) is 4.39 Å². The van der Waals surface area contributed by atoms with Crippen molar-refractivity contribution in [3.8, 4) is 17.6 Å². The van der Waals surface area contributed by atoms with E-state index in [-0.39, 0.29) is 23.0 Å². The molecule has 0 aromatic carbocycles. The van der Waals surface area contributed by atoms with Crippen LogP contribution < -0.4 is 15.8 Å². The number of nitrogens with one attached hydrogen (secondary N) is 1. The number of aromatic nitrogens is 2. The molecular weight excluding hydrogens is 441 g/mol. The third kappa shape index (κ3) is 3.54. The van der Waals surface area contributed by atoms with E-state index in [0.717, 1.165) is 0 Å². The monoisotopic (exact) mass is 459 g/mol. The molecular formula is C21H19ClFN5O4. The Balaban J connectivity index is 1.73. The summed E-state index contributed by atoms with van der Waals surface area (Å²) in [4.78, 5) is 43.8. The van der Waals surface area contributed by atoms with Crippen molar-refractivity contribution < 1.29 is 19.1 Å². The minimum absolute atomic E-state index is 0.107. The second-order valence-corrected chi connectivity index (χ2v) is 7.61. The van der Waals surface area contributed by atoms with Crippen LogP contribution in [0.5, 0.6) is 5.75 Å². The lowest BCUT2D eigenvalue weighted by atomic mass is 10.1. The summed E-state index contributed by atoms with van der Waals surface area (Å²) in [6.07, 6.45) is 3.23. The number of hydrogen-bond acceptors (Lipinski definition) is 6. The molecule has 0 bridgehead atoms. The highest BCUT2D eigenvalue weighted by Crippen LogP contribution is 2.25. The van der Waals surface area contributed by atoms with Gasteiger partial charge in [-0.1, -0.05) is 23.4 Å². The Hall–Kier alpha value is -3.58. The summed E-state index contributed by atoms with van der Waals surface area (Å²) in [6.45, 7) is 2.25. The van der Waals surface area contributed by atoms with E-state index in [9.17, 15) is 23.9 Å². The number of amides is 2. The molecule has 1 atom stereocenters. The first-order valence-electron chi connectivity index (χ1n) is 9.97. The van der Waals surface area contributed by atoms with Gasteiger partial charge in [-0.2, -0.15) is 0 Å². The van der Waals surface area contributed by atoms with E-state index in [1.807, 2.05) is 0 Å². The van der Waals surface area contributed by atoms with Crippen LogP contribution in [0.2, 0.25) is 5.02 Å². The van der Waals surface area contributed by atoms with Crippen molar-refractivity contribution in [1.82, 2.24) is 19.9 Å². The van der Waals surface area contributed by atoms with E-state index >= 15 is 0 Å². The number of nitrogens with zero attached hydrogens (tertiary/aromatic N) is 4. The first-order chi connectivity index (χ1) is 15.3. The molecule has 2 aliphatic rings. The minimum Gasteiger partial charge on any atom is -0.502 e. The van der Waals surface area contributed by atoms with Crippen molar-refractivity contribution in [2.75, 3.05) is 18.1 Å². The number of halogens is 2. The Morgan fingerprint density at radius 2 is 2.22 bits per heavy atom. The van der Waals surface area contributed by atoms with E-state index in [1.165, 1.54) is 28.0 Å². The van der Waals surface area contributed by atoms with Gasteiger partial charge in [-0.25, -0.2) is 4.39 Å². The fraction of sp³-hybridized carbons (Fsp3) is 0.333. The predicted molar refractivity (Wildman–Crippen MR) is 113 cm³/mol. The number of rotatable bonds is 4. The van der Waals surface area contributed by atoms with E-state index in [0.29, 0.717) is 25.9 Å². The van der Waals surface area contributed by atoms with Gasteiger partial charge >= 0.3 is 0 Å². The molecule has 4 heterocycles. The summed E-state index contributed by atoms with van der Waals surface area (Å²) >= 11 is 5.72. The number of aromatic hydroxyl groups is 1. The largest absolute Gasteiger partial charge is 0.502 e. The maximum atomic E-state index is 14.0. The molecule has 166 valence electrons. The van der Waals surface area contributed by atoms with Crippen LogP contribution in [0.15, 0.2) is 23.3 Å². The molecule has 0 fully saturated rings. The summed E-state index contributed by atoms with van der Waals surface area (Å²) in [5.41, 5.74) is -1.74. The summed E-state index contributed by atoms with van der Waals surface area (Å²) in [7, 11) is 0. The molecule has 2 amide bonds. The van der Waals surface area contributed by atoms with Gasteiger partial charge in [0.05, 0.1) is 17.3 Å². The third-order valence-corrected chi connectivity index (χ3v) is 5.61. The summed E-state index contributed by atoms with van der Waals surface area (Å²) in [5, 5.41) is 14.6. The Morgan fingerprint density at radius 1 is 1.44 bits per heavy atom. The lowest BCUT2D eigenvalue weighted by molar-refractivity contribution is 0.0641. The first-order valence-corrected chi connectivity index (χ1v) is 10.3. The molecule has 0 saturated heterocycles. The van der Waals surface area contributed by atoms with Gasteiger partial charge in [0.15, 0.2) is 23.4 Å². The zero-order valence-corrected chi connectivity index (χ0v) is 17.8. The summed E-state index contributed by atoms with van der Waals surface area (Å²) in [6, 6.07) is 1.27. The molecule has 0 saturated carbocycles. The third-order valence-electron chi connectivity index (χ3n) is 5.32. The van der Waals surface area contributed by atoms with Crippen molar-refractivity contribution in [3.63, 3.8) is 0 Å². The van der Waals surface area contributed by atoms with Crippen molar-refractivity contribution >= 4 is 23.4 Å². The molecule has 0 spiro atoms. The second-order valence-electron chi connectivity index (χ2n) is 7.20. The van der Waals surface area contributed by atoms with Gasteiger partial charge in [0.1, 0.15) is 5.56 Å². The van der Waals surface area contributed by atoms with Crippen LogP contribution in [0.1, 0.15) is 46.3 Å². The highest BCUT2D eigenvalue weighted by Gasteiger charge is 2.39. The van der Waals surface area contributed by atoms with Crippen LogP contribution in [0, 0.1) is 17.7 Å². The molecule has 2 aromatic rings. The van der Waals surface area contributed by atoms with E-state index in [2.05, 4.69) is 22.1 Å². The van der Waals surface area contributed by atoms with Gasteiger partial charge in [0.25, 0.3) is 11.8 Å². The number of hydrogen-bond donors (Lipinski definition) is 2. The van der Waals surface area contributed by atoms with E-state index in [4.69, 9.17) is 11.6 Å². The predicted octanol–water partition coefficient (Wildman–Crippen LogP) is 1.21. The molecule has 2 aliphatic heterocycles. The quantitative estimate of drug-likeness (QED) is 0.665. The Bertz CT molecular complexity index is 1240. The molecule has 32 heavy (non-hydrogen) atoms. The smallest absolute Gasteiger partial charge is 0.278 e. The van der Waals surface area contributed by atoms with Crippen LogP contribution in [0.25, 0.3) is 0 Å². The van der Waals surface area contributed by atoms with Crippen molar-refractivity contribution in [1.29, 1.82) is 0 Å². The van der Waals surface area contributed by atoms with Crippen molar-refractivity contribution in [2.45, 2.75) is 32.5 Å². The average molecular weight is 460 g/mol. The van der Waals surface area contributed by atoms with Crippen LogP contribution in [0.3, 0.4) is 0 Å². The van der Waals surface area contributed by atoms with Gasteiger partial charge in [-0.15, -0.1) is 0 Å². The fourth-order valence-electron chi connectivity index (χ4n) is 3.71. The lowest BCUT2D eigenvalue weighted by Crippen LogP contribution is -2.61.